The van der Waals surface area contributed by atoms with Crippen LogP contribution in [0.15, 0.2) is 35.9 Å². The fourth-order valence-corrected chi connectivity index (χ4v) is 3.29. The molecule has 24 heavy (non-hydrogen) atoms. The Morgan fingerprint density at radius 2 is 1.75 bits per heavy atom. The van der Waals surface area contributed by atoms with E-state index in [1.165, 1.54) is 30.9 Å². The molecule has 3 heteroatoms. The first-order chi connectivity index (χ1) is 11.6. The topological polar surface area (TPSA) is 0 Å². The fourth-order valence-electron chi connectivity index (χ4n) is 3.29. The summed E-state index contributed by atoms with van der Waals surface area (Å²) in [6, 6.07) is 7.04. The van der Waals surface area contributed by atoms with Crippen molar-refractivity contribution >= 4 is 6.08 Å². The van der Waals surface area contributed by atoms with Crippen LogP contribution in [0.5, 0.6) is 0 Å². The lowest BCUT2D eigenvalue weighted by molar-refractivity contribution is 0.509. The van der Waals surface area contributed by atoms with Crippen molar-refractivity contribution in [2.75, 3.05) is 0 Å². The second-order valence-electron chi connectivity index (χ2n) is 6.38. The summed E-state index contributed by atoms with van der Waals surface area (Å²) in [6.07, 6.45) is 8.27. The van der Waals surface area contributed by atoms with Crippen molar-refractivity contribution in [3.63, 3.8) is 0 Å². The lowest BCUT2D eigenvalue weighted by Crippen LogP contribution is -2.04. The van der Waals surface area contributed by atoms with Gasteiger partial charge in [-0.1, -0.05) is 49.6 Å². The van der Waals surface area contributed by atoms with Gasteiger partial charge < -0.3 is 0 Å². The number of halogens is 3. The van der Waals surface area contributed by atoms with Crippen molar-refractivity contribution in [3.05, 3.63) is 64.5 Å². The average molecular weight is 330 g/mol. The van der Waals surface area contributed by atoms with Gasteiger partial charge in [0.25, 0.3) is 0 Å². The largest absolute Gasteiger partial charge is 0.206 e. The minimum atomic E-state index is -0.956. The van der Waals surface area contributed by atoms with Crippen molar-refractivity contribution in [1.82, 2.24) is 0 Å². The summed E-state index contributed by atoms with van der Waals surface area (Å²) in [5, 5.41) is 0. The summed E-state index contributed by atoms with van der Waals surface area (Å²) in [6.45, 7) is 2.18. The minimum absolute atomic E-state index is 0.317. The fraction of sp³-hybridized carbons (Fsp3) is 0.333. The molecule has 0 radical (unpaired) electrons. The van der Waals surface area contributed by atoms with Gasteiger partial charge >= 0.3 is 0 Å². The third-order valence-electron chi connectivity index (χ3n) is 4.67. The van der Waals surface area contributed by atoms with Crippen molar-refractivity contribution in [3.8, 4) is 11.1 Å². The van der Waals surface area contributed by atoms with Gasteiger partial charge in [0.2, 0.25) is 0 Å². The van der Waals surface area contributed by atoms with Crippen LogP contribution in [0.1, 0.15) is 50.2 Å². The summed E-state index contributed by atoms with van der Waals surface area (Å²) in [7, 11) is 0. The van der Waals surface area contributed by atoms with E-state index >= 15 is 0 Å². The van der Waals surface area contributed by atoms with Gasteiger partial charge in [-0.3, -0.25) is 0 Å². The first-order valence-corrected chi connectivity index (χ1v) is 8.56. The smallest absolute Gasteiger partial charge is 0.159 e. The standard InChI is InChI=1S/C21H21F3/c1-2-3-4-5-14-6-9-17-15(12-14)7-10-18(21(17)24)16-8-11-19(22)20(23)13-16/h7-8,10-13H,2-6,9H2,1H3. The second kappa shape index (κ2) is 7.25. The molecule has 1 aliphatic carbocycles. The Morgan fingerprint density at radius 1 is 0.917 bits per heavy atom. The maximum Gasteiger partial charge on any atom is 0.159 e. The molecule has 0 aliphatic heterocycles. The van der Waals surface area contributed by atoms with Crippen LogP contribution in [0.25, 0.3) is 17.2 Å². The van der Waals surface area contributed by atoms with Gasteiger partial charge in [0, 0.05) is 5.56 Å². The summed E-state index contributed by atoms with van der Waals surface area (Å²) in [5.74, 6) is -2.19. The van der Waals surface area contributed by atoms with E-state index in [1.807, 2.05) is 6.07 Å². The molecule has 0 amide bonds. The highest BCUT2D eigenvalue weighted by atomic mass is 19.2. The van der Waals surface area contributed by atoms with Gasteiger partial charge in [-0.15, -0.1) is 0 Å². The predicted molar refractivity (Wildman–Crippen MR) is 92.2 cm³/mol. The van der Waals surface area contributed by atoms with Crippen LogP contribution in [-0.4, -0.2) is 0 Å². The number of fused-ring (bicyclic) bond motifs is 1. The first kappa shape index (κ1) is 16.8. The molecule has 0 saturated carbocycles. The third kappa shape index (κ3) is 3.40. The normalized spacial score (nSPS) is 13.6. The Morgan fingerprint density at radius 3 is 2.50 bits per heavy atom. The molecular weight excluding hydrogens is 309 g/mol. The molecule has 0 unspecified atom stereocenters. The van der Waals surface area contributed by atoms with E-state index in [2.05, 4.69) is 13.0 Å². The van der Waals surface area contributed by atoms with Gasteiger partial charge in [0.1, 0.15) is 5.82 Å². The highest BCUT2D eigenvalue weighted by molar-refractivity contribution is 5.70. The molecule has 126 valence electrons. The molecule has 2 aromatic rings. The van der Waals surface area contributed by atoms with Gasteiger partial charge in [-0.25, -0.2) is 13.2 Å². The van der Waals surface area contributed by atoms with Crippen LogP contribution >= 0.6 is 0 Å². The lowest BCUT2D eigenvalue weighted by Gasteiger charge is -2.19. The van der Waals surface area contributed by atoms with Gasteiger partial charge in [0.15, 0.2) is 11.6 Å². The zero-order valence-electron chi connectivity index (χ0n) is 13.8. The van der Waals surface area contributed by atoms with Gasteiger partial charge in [-0.05, 0) is 54.5 Å². The van der Waals surface area contributed by atoms with E-state index in [4.69, 9.17) is 0 Å². The van der Waals surface area contributed by atoms with E-state index in [9.17, 15) is 13.2 Å². The van der Waals surface area contributed by atoms with Crippen LogP contribution < -0.4 is 0 Å². The molecule has 0 atom stereocenters. The monoisotopic (exact) mass is 330 g/mol. The maximum atomic E-state index is 14.9. The Kier molecular flexibility index (Phi) is 5.08. The van der Waals surface area contributed by atoms with E-state index < -0.39 is 11.6 Å². The second-order valence-corrected chi connectivity index (χ2v) is 6.38. The molecule has 0 spiro atoms. The molecule has 0 nitrogen and oxygen atoms in total. The SMILES string of the molecule is CCCCCC1=Cc2ccc(-c3ccc(F)c(F)c3)c(F)c2CC1. The quantitative estimate of drug-likeness (QED) is 0.536. The summed E-state index contributed by atoms with van der Waals surface area (Å²) >= 11 is 0. The van der Waals surface area contributed by atoms with Crippen molar-refractivity contribution in [2.24, 2.45) is 0 Å². The van der Waals surface area contributed by atoms with Crippen molar-refractivity contribution in [2.45, 2.75) is 45.4 Å². The van der Waals surface area contributed by atoms with Gasteiger partial charge in [0.05, 0.1) is 0 Å². The van der Waals surface area contributed by atoms with Gasteiger partial charge in [-0.2, -0.15) is 0 Å². The highest BCUT2D eigenvalue weighted by Gasteiger charge is 2.18. The number of rotatable bonds is 5. The van der Waals surface area contributed by atoms with Crippen molar-refractivity contribution < 1.29 is 13.2 Å². The number of hydrogen-bond donors (Lipinski definition) is 0. The van der Waals surface area contributed by atoms with Crippen LogP contribution in [0, 0.1) is 17.5 Å². The van der Waals surface area contributed by atoms with Crippen LogP contribution in [0.3, 0.4) is 0 Å². The average Bonchev–Trinajstić information content (AvgIpc) is 2.58. The van der Waals surface area contributed by atoms with Crippen LogP contribution in [0.4, 0.5) is 13.2 Å². The van der Waals surface area contributed by atoms with E-state index in [0.29, 0.717) is 23.1 Å². The first-order valence-electron chi connectivity index (χ1n) is 8.56. The molecule has 3 rings (SSSR count). The molecular formula is C21H21F3. The molecule has 0 aromatic heterocycles. The predicted octanol–water partition coefficient (Wildman–Crippen LogP) is 6.68. The molecule has 2 aromatic carbocycles. The van der Waals surface area contributed by atoms with Crippen LogP contribution in [0.2, 0.25) is 0 Å². The summed E-state index contributed by atoms with van der Waals surface area (Å²) in [5.41, 5.74) is 3.66. The lowest BCUT2D eigenvalue weighted by atomic mass is 9.87. The summed E-state index contributed by atoms with van der Waals surface area (Å²) in [4.78, 5) is 0. The number of unbranched alkanes of at least 4 members (excludes halogenated alkanes) is 2. The number of hydrogen-bond acceptors (Lipinski definition) is 0. The molecule has 0 fully saturated rings. The van der Waals surface area contributed by atoms with Crippen molar-refractivity contribution in [1.29, 1.82) is 0 Å². The molecule has 0 bridgehead atoms. The Bertz CT molecular complexity index is 775. The minimum Gasteiger partial charge on any atom is -0.206 e. The van der Waals surface area contributed by atoms with Crippen LogP contribution in [-0.2, 0) is 6.42 Å². The molecule has 0 heterocycles. The van der Waals surface area contributed by atoms with E-state index in [-0.39, 0.29) is 5.82 Å². The third-order valence-corrected chi connectivity index (χ3v) is 4.67. The Balaban J connectivity index is 1.91. The zero-order valence-corrected chi connectivity index (χ0v) is 13.8. The molecule has 1 aliphatic rings. The Labute approximate surface area is 141 Å². The maximum absolute atomic E-state index is 14.9. The number of allylic oxidation sites excluding steroid dienone is 1. The molecule has 0 saturated heterocycles. The summed E-state index contributed by atoms with van der Waals surface area (Å²) < 4.78 is 41.4. The van der Waals surface area contributed by atoms with E-state index in [1.54, 1.807) is 6.07 Å². The zero-order chi connectivity index (χ0) is 17.1. The number of benzene rings is 2. The highest BCUT2D eigenvalue weighted by Crippen LogP contribution is 2.34. The van der Waals surface area contributed by atoms with E-state index in [0.717, 1.165) is 30.5 Å². The Hall–Kier alpha value is -2.03. The molecule has 0 N–H and O–H groups in total.